The number of allylic oxidation sites excluding steroid dienone is 5. The molecule has 0 spiro atoms. The second-order valence-corrected chi connectivity index (χ2v) is 12.7. The van der Waals surface area contributed by atoms with Gasteiger partial charge in [0, 0.05) is 70.2 Å². The number of carbonyl (C=O) groups is 2. The van der Waals surface area contributed by atoms with Gasteiger partial charge < -0.3 is 29.5 Å². The summed E-state index contributed by atoms with van der Waals surface area (Å²) in [5.74, 6) is -1.43. The highest BCUT2D eigenvalue weighted by Gasteiger charge is 2.43. The van der Waals surface area contributed by atoms with Gasteiger partial charge >= 0.3 is 0 Å². The fraction of sp³-hybridized carbons (Fsp3) is 0.263. The Morgan fingerprint density at radius 3 is 1.73 bits per heavy atom. The zero-order chi connectivity index (χ0) is 34.9. The van der Waals surface area contributed by atoms with Crippen molar-refractivity contribution in [2.45, 2.75) is 53.8 Å². The Kier molecular flexibility index (Phi) is 10.3. The minimum absolute atomic E-state index is 0.0427. The minimum atomic E-state index is -0.613. The number of benzene rings is 3. The summed E-state index contributed by atoms with van der Waals surface area (Å²) in [6.45, 7) is 12.3. The van der Waals surface area contributed by atoms with Gasteiger partial charge in [-0.15, -0.1) is 0 Å². The minimum Gasteiger partial charge on any atom is -0.507 e. The number of halogens is 2. The molecule has 8 nitrogen and oxygen atoms in total. The summed E-state index contributed by atoms with van der Waals surface area (Å²) in [5, 5.41) is 24.1. The smallest absolute Gasteiger partial charge is 0.202 e. The van der Waals surface area contributed by atoms with E-state index in [9.17, 15) is 19.8 Å². The maximum atomic E-state index is 13.9. The lowest BCUT2D eigenvalue weighted by atomic mass is 9.78. The molecule has 0 fully saturated rings. The van der Waals surface area contributed by atoms with E-state index in [-0.39, 0.29) is 51.7 Å². The van der Waals surface area contributed by atoms with E-state index in [0.29, 0.717) is 34.5 Å². The van der Waals surface area contributed by atoms with Crippen molar-refractivity contribution in [1.82, 2.24) is 0 Å². The van der Waals surface area contributed by atoms with Gasteiger partial charge in [0.05, 0.1) is 34.5 Å². The second-order valence-electron chi connectivity index (χ2n) is 11.9. The van der Waals surface area contributed by atoms with E-state index in [1.54, 1.807) is 36.4 Å². The van der Waals surface area contributed by atoms with Crippen LogP contribution in [0.3, 0.4) is 0 Å². The first-order chi connectivity index (χ1) is 22.8. The Morgan fingerprint density at radius 2 is 1.23 bits per heavy atom. The number of likely N-dealkylation sites (N-methyl/N-ethyl adjacent to an activating group) is 1. The summed E-state index contributed by atoms with van der Waals surface area (Å²) in [6.07, 6.45) is 2.45. The van der Waals surface area contributed by atoms with Crippen molar-refractivity contribution < 1.29 is 29.3 Å². The van der Waals surface area contributed by atoms with E-state index in [4.69, 9.17) is 32.7 Å². The van der Waals surface area contributed by atoms with Crippen LogP contribution in [0.4, 0.5) is 17.1 Å². The van der Waals surface area contributed by atoms with Crippen LogP contribution in [-0.4, -0.2) is 47.1 Å². The predicted octanol–water partition coefficient (Wildman–Crippen LogP) is 9.09. The Balaban J connectivity index is 1.61. The largest absolute Gasteiger partial charge is 0.507 e. The molecule has 0 aliphatic heterocycles. The van der Waals surface area contributed by atoms with Gasteiger partial charge in [-0.25, -0.2) is 0 Å². The predicted molar refractivity (Wildman–Crippen MR) is 191 cm³/mol. The third-order valence-corrected chi connectivity index (χ3v) is 8.31. The summed E-state index contributed by atoms with van der Waals surface area (Å²) in [6, 6.07) is 17.7. The third-order valence-electron chi connectivity index (χ3n) is 7.80. The molecule has 0 aromatic heterocycles. The number of aromatic hydroxyl groups is 1. The first kappa shape index (κ1) is 34.7. The monoisotopic (exact) mass is 688 g/mol. The molecule has 48 heavy (non-hydrogen) atoms. The van der Waals surface area contributed by atoms with E-state index in [1.807, 2.05) is 75.6 Å². The van der Waals surface area contributed by atoms with Crippen molar-refractivity contribution in [3.8, 4) is 11.5 Å². The number of aliphatic hydroxyl groups is 1. The molecule has 0 atom stereocenters. The van der Waals surface area contributed by atoms with Crippen LogP contribution in [0.1, 0.15) is 47.1 Å². The molecular weight excluding hydrogens is 651 g/mol. The maximum Gasteiger partial charge on any atom is 0.202 e. The molecule has 0 bridgehead atoms. The Hall–Kier alpha value is -4.66. The zero-order valence-corrected chi connectivity index (χ0v) is 29.2. The zero-order valence-electron chi connectivity index (χ0n) is 27.7. The molecule has 3 aromatic carbocycles. The molecule has 2 aliphatic carbocycles. The first-order valence-electron chi connectivity index (χ1n) is 15.8. The highest BCUT2D eigenvalue weighted by molar-refractivity contribution is 6.42. The SMILES string of the molecule is CCN(C1=CC(=O)C(=C2C(=O)C(c3c(O)cc(N(CC)c4ccc(Cl)cc4)cc3OC(C)C)=C2O)C(OC(C)C)=C1)c1ccc(Cl)cc1. The topological polar surface area (TPSA) is 99.5 Å². The molecule has 0 saturated heterocycles. The van der Waals surface area contributed by atoms with Gasteiger partial charge in [-0.3, -0.25) is 9.59 Å². The summed E-state index contributed by atoms with van der Waals surface area (Å²) in [5.41, 5.74) is 2.49. The molecule has 0 amide bonds. The van der Waals surface area contributed by atoms with Gasteiger partial charge in [0.2, 0.25) is 5.78 Å². The van der Waals surface area contributed by atoms with Gasteiger partial charge in [0.15, 0.2) is 5.78 Å². The first-order valence-corrected chi connectivity index (χ1v) is 16.6. The second kappa shape index (κ2) is 14.2. The standard InChI is InChI=1S/C38H38Cl2N2O6/c1-7-41(25-13-9-23(39)10-14-25)27-17-29(43)33(31(19-27)47-21(3)4)35-37(45)36(38(35)46)34-30(44)18-28(20-32(34)48-22(5)6)42(8-2)26-15-11-24(40)12-16-26/h9-22,43,45H,7-8H2,1-6H3. The van der Waals surface area contributed by atoms with E-state index in [0.717, 1.165) is 11.4 Å². The van der Waals surface area contributed by atoms with Crippen molar-refractivity contribution in [2.24, 2.45) is 0 Å². The van der Waals surface area contributed by atoms with Crippen molar-refractivity contribution in [3.63, 3.8) is 0 Å². The lowest BCUT2D eigenvalue weighted by Crippen LogP contribution is -2.30. The molecule has 2 aliphatic rings. The number of ketones is 2. The van der Waals surface area contributed by atoms with Gasteiger partial charge in [-0.1, -0.05) is 23.2 Å². The molecule has 0 radical (unpaired) electrons. The van der Waals surface area contributed by atoms with Crippen molar-refractivity contribution >= 4 is 57.4 Å². The lowest BCUT2D eigenvalue weighted by Gasteiger charge is -2.31. The summed E-state index contributed by atoms with van der Waals surface area (Å²) in [7, 11) is 0. The van der Waals surface area contributed by atoms with Crippen LogP contribution in [0.5, 0.6) is 11.5 Å². The average Bonchev–Trinajstić information content (AvgIpc) is 3.02. The molecule has 250 valence electrons. The van der Waals surface area contributed by atoms with Crippen LogP contribution in [0.2, 0.25) is 10.0 Å². The highest BCUT2D eigenvalue weighted by Crippen LogP contribution is 2.49. The van der Waals surface area contributed by atoms with Crippen LogP contribution in [0.25, 0.3) is 5.57 Å². The Labute approximate surface area is 290 Å². The number of aliphatic hydroxyl groups excluding tert-OH is 1. The Bertz CT molecular complexity index is 1870. The molecule has 3 aromatic rings. The summed E-state index contributed by atoms with van der Waals surface area (Å²) in [4.78, 5) is 31.6. The van der Waals surface area contributed by atoms with E-state index in [2.05, 4.69) is 0 Å². The van der Waals surface area contributed by atoms with E-state index < -0.39 is 17.3 Å². The number of Topliss-reactive ketones (excluding diaryl/α,β-unsaturated/α-hetero) is 1. The van der Waals surface area contributed by atoms with E-state index in [1.165, 1.54) is 12.1 Å². The molecule has 0 heterocycles. The highest BCUT2D eigenvalue weighted by atomic mass is 35.5. The number of carbonyl (C=O) groups excluding carboxylic acids is 2. The third kappa shape index (κ3) is 6.82. The quantitative estimate of drug-likeness (QED) is 0.193. The van der Waals surface area contributed by atoms with Crippen LogP contribution >= 0.6 is 23.2 Å². The van der Waals surface area contributed by atoms with E-state index >= 15 is 0 Å². The number of anilines is 3. The van der Waals surface area contributed by atoms with Crippen molar-refractivity contribution in [2.75, 3.05) is 22.9 Å². The number of nitrogens with zero attached hydrogens (tertiary/aromatic N) is 2. The van der Waals surface area contributed by atoms with Crippen molar-refractivity contribution in [3.05, 3.63) is 117 Å². The number of phenolic OH excluding ortho intramolecular Hbond substituents is 1. The molecule has 5 rings (SSSR count). The van der Waals surface area contributed by atoms with Gasteiger partial charge in [0.1, 0.15) is 23.0 Å². The summed E-state index contributed by atoms with van der Waals surface area (Å²) < 4.78 is 12.2. The van der Waals surface area contributed by atoms with Crippen LogP contribution < -0.4 is 14.5 Å². The normalized spacial score (nSPS) is 16.2. The Morgan fingerprint density at radius 1 is 0.688 bits per heavy atom. The van der Waals surface area contributed by atoms with Crippen LogP contribution in [-0.2, 0) is 14.3 Å². The molecule has 2 N–H and O–H groups in total. The summed E-state index contributed by atoms with van der Waals surface area (Å²) >= 11 is 12.2. The van der Waals surface area contributed by atoms with Gasteiger partial charge in [-0.05, 0) is 90.1 Å². The fourth-order valence-corrected chi connectivity index (χ4v) is 6.05. The van der Waals surface area contributed by atoms with Crippen LogP contribution in [0, 0.1) is 0 Å². The van der Waals surface area contributed by atoms with Gasteiger partial charge in [-0.2, -0.15) is 0 Å². The van der Waals surface area contributed by atoms with Crippen LogP contribution in [0.15, 0.2) is 101 Å². The molecule has 0 saturated carbocycles. The molecule has 0 unspecified atom stereocenters. The number of hydrogen-bond donors (Lipinski definition) is 2. The fourth-order valence-electron chi connectivity index (χ4n) is 5.80. The lowest BCUT2D eigenvalue weighted by molar-refractivity contribution is -0.114. The molecular formula is C38H38Cl2N2O6. The number of rotatable bonds is 11. The molecule has 10 heteroatoms. The van der Waals surface area contributed by atoms with Gasteiger partial charge in [0.25, 0.3) is 0 Å². The maximum absolute atomic E-state index is 13.9. The average molecular weight is 690 g/mol. The number of phenols is 1. The number of ether oxygens (including phenoxy) is 2. The van der Waals surface area contributed by atoms with Crippen molar-refractivity contribution in [1.29, 1.82) is 0 Å². The number of hydrogen-bond acceptors (Lipinski definition) is 8.